The lowest BCUT2D eigenvalue weighted by atomic mass is 10.1. The molecule has 8 heteroatoms. The highest BCUT2D eigenvalue weighted by atomic mass is 19.1. The average Bonchev–Trinajstić information content (AvgIpc) is 3.22. The quantitative estimate of drug-likeness (QED) is 0.237. The molecule has 7 nitrogen and oxygen atoms in total. The van der Waals surface area contributed by atoms with Crippen molar-refractivity contribution in [1.29, 1.82) is 0 Å². The van der Waals surface area contributed by atoms with Crippen molar-refractivity contribution in [3.05, 3.63) is 84.3 Å². The molecule has 1 heterocycles. The molecule has 0 aliphatic heterocycles. The second kappa shape index (κ2) is 13.9. The number of aromatic nitrogens is 2. The Labute approximate surface area is 212 Å². The first-order chi connectivity index (χ1) is 17.4. The summed E-state index contributed by atoms with van der Waals surface area (Å²) in [5, 5.41) is 15.5. The van der Waals surface area contributed by atoms with E-state index in [0.29, 0.717) is 38.7 Å². The van der Waals surface area contributed by atoms with Gasteiger partial charge in [-0.15, -0.1) is 6.58 Å². The molecular weight excluding hydrogens is 461 g/mol. The molecule has 36 heavy (non-hydrogen) atoms. The van der Waals surface area contributed by atoms with Crippen LogP contribution in [0, 0.1) is 5.82 Å². The van der Waals surface area contributed by atoms with Gasteiger partial charge >= 0.3 is 0 Å². The summed E-state index contributed by atoms with van der Waals surface area (Å²) in [6, 6.07) is 15.9. The van der Waals surface area contributed by atoms with E-state index in [1.807, 2.05) is 30.3 Å². The Morgan fingerprint density at radius 3 is 2.53 bits per heavy atom. The summed E-state index contributed by atoms with van der Waals surface area (Å²) in [4.78, 5) is 2.07. The van der Waals surface area contributed by atoms with Crippen molar-refractivity contribution in [1.82, 2.24) is 14.7 Å². The minimum absolute atomic E-state index is 0.0815. The van der Waals surface area contributed by atoms with Crippen molar-refractivity contribution < 1.29 is 23.7 Å². The number of benzene rings is 2. The molecule has 1 atom stereocenters. The smallest absolute Gasteiger partial charge is 0.227 e. The van der Waals surface area contributed by atoms with Gasteiger partial charge in [0.15, 0.2) is 11.6 Å². The van der Waals surface area contributed by atoms with E-state index in [-0.39, 0.29) is 18.3 Å². The van der Waals surface area contributed by atoms with Crippen molar-refractivity contribution in [2.24, 2.45) is 0 Å². The Bertz CT molecular complexity index is 1090. The van der Waals surface area contributed by atoms with E-state index >= 15 is 0 Å². The van der Waals surface area contributed by atoms with Crippen molar-refractivity contribution in [2.75, 3.05) is 40.0 Å². The maximum atomic E-state index is 14.6. The summed E-state index contributed by atoms with van der Waals surface area (Å²) in [5.41, 5.74) is 2.47. The molecule has 3 rings (SSSR count). The van der Waals surface area contributed by atoms with Crippen LogP contribution in [0.25, 0.3) is 5.69 Å². The molecule has 0 saturated heterocycles. The molecule has 0 aliphatic rings. The fourth-order valence-electron chi connectivity index (χ4n) is 3.86. The van der Waals surface area contributed by atoms with Crippen LogP contribution < -0.4 is 4.74 Å². The summed E-state index contributed by atoms with van der Waals surface area (Å²) in [6.07, 6.45) is 0.943. The van der Waals surface area contributed by atoms with Crippen LogP contribution in [0.2, 0.25) is 0 Å². The third-order valence-electron chi connectivity index (χ3n) is 5.57. The van der Waals surface area contributed by atoms with Gasteiger partial charge in [0, 0.05) is 26.7 Å². The Morgan fingerprint density at radius 1 is 1.14 bits per heavy atom. The highest BCUT2D eigenvalue weighted by molar-refractivity contribution is 5.44. The van der Waals surface area contributed by atoms with E-state index in [0.717, 1.165) is 16.9 Å². The zero-order valence-electron chi connectivity index (χ0n) is 21.3. The Kier molecular flexibility index (Phi) is 10.6. The van der Waals surface area contributed by atoms with Crippen LogP contribution in [-0.2, 0) is 16.0 Å². The zero-order valence-corrected chi connectivity index (χ0v) is 21.3. The molecule has 0 fully saturated rings. The first-order valence-corrected chi connectivity index (χ1v) is 12.1. The minimum atomic E-state index is -0.704. The topological polar surface area (TPSA) is 69.0 Å². The lowest BCUT2D eigenvalue weighted by Crippen LogP contribution is -2.36. The SMILES string of the molecule is C=CCOC[C@@H](O)CN(CCOC)Cc1c(C(C)C)nn(-c2ccccc2)c1Oc1ccccc1F. The standard InChI is InChI=1S/C28H36FN3O4/c1-5-16-35-20-23(33)18-31(15-17-34-4)19-24-27(21(2)3)30-32(22-11-7-6-8-12-22)28(24)36-26-14-10-9-13-25(26)29/h5-14,21,23,33H,1,15-20H2,2-4H3/t23-/m0/s1. The molecule has 1 N–H and O–H groups in total. The number of hydrogen-bond acceptors (Lipinski definition) is 6. The Morgan fingerprint density at radius 2 is 1.86 bits per heavy atom. The number of rotatable bonds is 15. The normalized spacial score (nSPS) is 12.3. The molecule has 0 aliphatic carbocycles. The number of aliphatic hydroxyl groups excluding tert-OH is 1. The Hall–Kier alpha value is -3.04. The number of hydrogen-bond donors (Lipinski definition) is 1. The summed E-state index contributed by atoms with van der Waals surface area (Å²) < 4.78 is 33.3. The molecule has 194 valence electrons. The van der Waals surface area contributed by atoms with Crippen LogP contribution >= 0.6 is 0 Å². The van der Waals surface area contributed by atoms with Gasteiger partial charge in [0.05, 0.1) is 42.9 Å². The lowest BCUT2D eigenvalue weighted by molar-refractivity contribution is 0.0192. The molecule has 0 amide bonds. The van der Waals surface area contributed by atoms with Crippen LogP contribution in [0.5, 0.6) is 11.6 Å². The maximum absolute atomic E-state index is 14.6. The number of nitrogens with zero attached hydrogens (tertiary/aromatic N) is 3. The summed E-state index contributed by atoms with van der Waals surface area (Å²) in [6.45, 7) is 10.1. The van der Waals surface area contributed by atoms with Gasteiger partial charge in [-0.3, -0.25) is 4.90 Å². The molecule has 0 radical (unpaired) electrons. The third kappa shape index (κ3) is 7.48. The number of aliphatic hydroxyl groups is 1. The second-order valence-electron chi connectivity index (χ2n) is 8.81. The minimum Gasteiger partial charge on any atom is -0.435 e. The molecule has 1 aromatic heterocycles. The third-order valence-corrected chi connectivity index (χ3v) is 5.57. The van der Waals surface area contributed by atoms with E-state index in [4.69, 9.17) is 19.3 Å². The fraction of sp³-hybridized carbons (Fsp3) is 0.393. The summed E-state index contributed by atoms with van der Waals surface area (Å²) in [7, 11) is 1.64. The summed E-state index contributed by atoms with van der Waals surface area (Å²) >= 11 is 0. The van der Waals surface area contributed by atoms with Crippen LogP contribution in [0.3, 0.4) is 0 Å². The predicted molar refractivity (Wildman–Crippen MR) is 138 cm³/mol. The van der Waals surface area contributed by atoms with E-state index in [2.05, 4.69) is 25.3 Å². The van der Waals surface area contributed by atoms with Crippen molar-refractivity contribution >= 4 is 0 Å². The Balaban J connectivity index is 2.02. The summed E-state index contributed by atoms with van der Waals surface area (Å²) in [5.74, 6) is 0.182. The van der Waals surface area contributed by atoms with Gasteiger partial charge in [-0.1, -0.05) is 50.3 Å². The van der Waals surface area contributed by atoms with Crippen LogP contribution in [-0.4, -0.2) is 65.9 Å². The van der Waals surface area contributed by atoms with Gasteiger partial charge in [0.2, 0.25) is 5.88 Å². The van der Waals surface area contributed by atoms with Crippen molar-refractivity contribution in [3.8, 4) is 17.3 Å². The van der Waals surface area contributed by atoms with Gasteiger partial charge in [-0.25, -0.2) is 9.07 Å². The van der Waals surface area contributed by atoms with Crippen molar-refractivity contribution in [2.45, 2.75) is 32.4 Å². The highest BCUT2D eigenvalue weighted by Gasteiger charge is 2.26. The number of para-hydroxylation sites is 2. The molecule has 3 aromatic rings. The van der Waals surface area contributed by atoms with Gasteiger partial charge in [-0.2, -0.15) is 5.10 Å². The highest BCUT2D eigenvalue weighted by Crippen LogP contribution is 2.35. The maximum Gasteiger partial charge on any atom is 0.227 e. The monoisotopic (exact) mass is 497 g/mol. The first kappa shape index (κ1) is 27.5. The van der Waals surface area contributed by atoms with Gasteiger partial charge < -0.3 is 19.3 Å². The van der Waals surface area contributed by atoms with Crippen molar-refractivity contribution in [3.63, 3.8) is 0 Å². The second-order valence-corrected chi connectivity index (χ2v) is 8.81. The molecule has 2 aromatic carbocycles. The molecule has 0 spiro atoms. The fourth-order valence-corrected chi connectivity index (χ4v) is 3.86. The lowest BCUT2D eigenvalue weighted by Gasteiger charge is -2.25. The van der Waals surface area contributed by atoms with Gasteiger partial charge in [0.1, 0.15) is 0 Å². The zero-order chi connectivity index (χ0) is 25.9. The molecule has 0 unspecified atom stereocenters. The predicted octanol–water partition coefficient (Wildman–Crippen LogP) is 4.94. The van der Waals surface area contributed by atoms with E-state index < -0.39 is 11.9 Å². The van der Waals surface area contributed by atoms with Gasteiger partial charge in [-0.05, 0) is 30.2 Å². The number of ether oxygens (including phenoxy) is 3. The first-order valence-electron chi connectivity index (χ1n) is 12.1. The van der Waals surface area contributed by atoms with Crippen LogP contribution in [0.15, 0.2) is 67.3 Å². The molecule has 0 bridgehead atoms. The van der Waals surface area contributed by atoms with Gasteiger partial charge in [0.25, 0.3) is 0 Å². The van der Waals surface area contributed by atoms with Crippen LogP contribution in [0.1, 0.15) is 31.0 Å². The number of methoxy groups -OCH3 is 1. The molecule has 0 saturated carbocycles. The van der Waals surface area contributed by atoms with E-state index in [9.17, 15) is 9.50 Å². The largest absolute Gasteiger partial charge is 0.435 e. The molecular formula is C28H36FN3O4. The van der Waals surface area contributed by atoms with Crippen LogP contribution in [0.4, 0.5) is 4.39 Å². The number of halogens is 1. The van der Waals surface area contributed by atoms with E-state index in [1.54, 1.807) is 36.1 Å². The van der Waals surface area contributed by atoms with E-state index in [1.165, 1.54) is 6.07 Å². The average molecular weight is 498 g/mol.